The lowest BCUT2D eigenvalue weighted by Gasteiger charge is -2.17. The van der Waals surface area contributed by atoms with Gasteiger partial charge < -0.3 is 10.3 Å². The average Bonchev–Trinajstić information content (AvgIpc) is 2.25. The van der Waals surface area contributed by atoms with Crippen molar-refractivity contribution in [1.29, 1.82) is 5.26 Å². The van der Waals surface area contributed by atoms with E-state index in [4.69, 9.17) is 5.26 Å². The first-order valence-corrected chi connectivity index (χ1v) is 5.67. The highest BCUT2D eigenvalue weighted by Crippen LogP contribution is 2.12. The molecule has 18 heavy (non-hydrogen) atoms. The minimum absolute atomic E-state index is 0.0641. The average molecular weight is 247 g/mol. The van der Waals surface area contributed by atoms with Crippen LogP contribution in [0, 0.1) is 23.7 Å². The van der Waals surface area contributed by atoms with E-state index in [1.165, 1.54) is 6.07 Å². The Kier molecular flexibility index (Phi) is 3.92. The molecule has 0 spiro atoms. The maximum atomic E-state index is 11.8. The van der Waals surface area contributed by atoms with Crippen LogP contribution < -0.4 is 10.7 Å². The van der Waals surface area contributed by atoms with Crippen molar-refractivity contribution in [3.63, 3.8) is 0 Å². The van der Waals surface area contributed by atoms with Gasteiger partial charge in [-0.05, 0) is 6.92 Å². The molecule has 0 radical (unpaired) electrons. The summed E-state index contributed by atoms with van der Waals surface area (Å²) in [5, 5.41) is 11.6. The van der Waals surface area contributed by atoms with Gasteiger partial charge in [0.25, 0.3) is 0 Å². The lowest BCUT2D eigenvalue weighted by atomic mass is 9.95. The van der Waals surface area contributed by atoms with E-state index in [1.807, 2.05) is 6.07 Å². The molecule has 0 aliphatic carbocycles. The highest BCUT2D eigenvalue weighted by Gasteiger charge is 2.21. The summed E-state index contributed by atoms with van der Waals surface area (Å²) in [5.74, 6) is -0.161. The van der Waals surface area contributed by atoms with Crippen molar-refractivity contribution in [2.75, 3.05) is 0 Å². The van der Waals surface area contributed by atoms with E-state index in [9.17, 15) is 9.59 Å². The van der Waals surface area contributed by atoms with Crippen LogP contribution in [0.15, 0.2) is 10.9 Å². The minimum Gasteiger partial charge on any atom is -0.351 e. The molecule has 1 amide bonds. The molecule has 1 rings (SSSR count). The fourth-order valence-corrected chi connectivity index (χ4v) is 1.42. The number of pyridine rings is 1. The summed E-state index contributed by atoms with van der Waals surface area (Å²) in [6, 6.07) is 3.35. The molecule has 1 aromatic heterocycles. The summed E-state index contributed by atoms with van der Waals surface area (Å²) in [7, 11) is 0. The number of aromatic amines is 1. The van der Waals surface area contributed by atoms with Crippen LogP contribution in [0.3, 0.4) is 0 Å². The lowest BCUT2D eigenvalue weighted by Crippen LogP contribution is -2.35. The quantitative estimate of drug-likeness (QED) is 0.823. The standard InChI is InChI=1S/C13H17N3O2/c1-8-5-11(17)9(10(6-14)16-8)7-15-12(18)13(2,3)4/h5H,7H2,1-4H3,(H,15,18)(H,16,17). The Morgan fingerprint density at radius 2 is 2.11 bits per heavy atom. The van der Waals surface area contributed by atoms with Crippen molar-refractivity contribution in [1.82, 2.24) is 10.3 Å². The van der Waals surface area contributed by atoms with E-state index in [0.717, 1.165) is 0 Å². The second kappa shape index (κ2) is 5.05. The maximum absolute atomic E-state index is 11.8. The number of hydrogen-bond donors (Lipinski definition) is 2. The van der Waals surface area contributed by atoms with Gasteiger partial charge >= 0.3 is 0 Å². The van der Waals surface area contributed by atoms with Crippen LogP contribution in [-0.2, 0) is 11.3 Å². The zero-order valence-corrected chi connectivity index (χ0v) is 11.0. The third kappa shape index (κ3) is 3.20. The summed E-state index contributed by atoms with van der Waals surface area (Å²) >= 11 is 0. The van der Waals surface area contributed by atoms with Gasteiger partial charge in [0.2, 0.25) is 5.91 Å². The van der Waals surface area contributed by atoms with Crippen LogP contribution >= 0.6 is 0 Å². The Labute approximate surface area is 106 Å². The number of amides is 1. The molecule has 0 bridgehead atoms. The molecule has 2 N–H and O–H groups in total. The minimum atomic E-state index is -0.524. The van der Waals surface area contributed by atoms with Crippen molar-refractivity contribution in [3.05, 3.63) is 33.2 Å². The third-order valence-electron chi connectivity index (χ3n) is 2.49. The SMILES string of the molecule is Cc1cc(=O)c(CNC(=O)C(C)(C)C)c(C#N)[nH]1. The summed E-state index contributed by atoms with van der Waals surface area (Å²) in [4.78, 5) is 26.3. The molecule has 0 aliphatic rings. The second-order valence-electron chi connectivity index (χ2n) is 5.21. The molecule has 5 nitrogen and oxygen atoms in total. The Bertz CT molecular complexity index is 559. The zero-order chi connectivity index (χ0) is 13.9. The maximum Gasteiger partial charge on any atom is 0.225 e. The molecule has 0 unspecified atom stereocenters. The van der Waals surface area contributed by atoms with E-state index in [0.29, 0.717) is 11.3 Å². The van der Waals surface area contributed by atoms with Gasteiger partial charge in [0, 0.05) is 23.7 Å². The first-order chi connectivity index (χ1) is 8.25. The normalized spacial score (nSPS) is 10.8. The summed E-state index contributed by atoms with van der Waals surface area (Å²) in [5.41, 5.74) is 0.360. The summed E-state index contributed by atoms with van der Waals surface area (Å²) < 4.78 is 0. The van der Waals surface area contributed by atoms with Gasteiger partial charge in [-0.3, -0.25) is 9.59 Å². The highest BCUT2D eigenvalue weighted by molar-refractivity contribution is 5.81. The number of hydrogen-bond acceptors (Lipinski definition) is 3. The first kappa shape index (κ1) is 14.0. The largest absolute Gasteiger partial charge is 0.351 e. The number of nitriles is 1. The number of nitrogens with zero attached hydrogens (tertiary/aromatic N) is 1. The highest BCUT2D eigenvalue weighted by atomic mass is 16.2. The molecular weight excluding hydrogens is 230 g/mol. The van der Waals surface area contributed by atoms with Gasteiger partial charge in [0.1, 0.15) is 11.8 Å². The van der Waals surface area contributed by atoms with Gasteiger partial charge in [-0.1, -0.05) is 20.8 Å². The molecule has 0 atom stereocenters. The molecule has 1 heterocycles. The fraction of sp³-hybridized carbons (Fsp3) is 0.462. The van der Waals surface area contributed by atoms with Gasteiger partial charge in [0.15, 0.2) is 5.43 Å². The summed E-state index contributed by atoms with van der Waals surface area (Å²) in [6.45, 7) is 7.13. The van der Waals surface area contributed by atoms with Gasteiger partial charge in [-0.25, -0.2) is 0 Å². The Balaban J connectivity index is 2.97. The Morgan fingerprint density at radius 1 is 1.50 bits per heavy atom. The molecule has 0 saturated carbocycles. The Hall–Kier alpha value is -2.09. The molecule has 0 saturated heterocycles. The van der Waals surface area contributed by atoms with Crippen LogP contribution in [0.2, 0.25) is 0 Å². The zero-order valence-electron chi connectivity index (χ0n) is 11.0. The molecule has 96 valence electrons. The van der Waals surface area contributed by atoms with Gasteiger partial charge in [-0.2, -0.15) is 5.26 Å². The van der Waals surface area contributed by atoms with E-state index < -0.39 is 5.41 Å². The number of aryl methyl sites for hydroxylation is 1. The number of nitrogens with one attached hydrogen (secondary N) is 2. The molecular formula is C13H17N3O2. The van der Waals surface area contributed by atoms with Crippen LogP contribution in [0.5, 0.6) is 0 Å². The van der Waals surface area contributed by atoms with Crippen LogP contribution in [0.1, 0.15) is 37.7 Å². The van der Waals surface area contributed by atoms with Gasteiger partial charge in [-0.15, -0.1) is 0 Å². The predicted molar refractivity (Wildman–Crippen MR) is 67.8 cm³/mol. The third-order valence-corrected chi connectivity index (χ3v) is 2.49. The van der Waals surface area contributed by atoms with E-state index in [-0.39, 0.29) is 23.6 Å². The lowest BCUT2D eigenvalue weighted by molar-refractivity contribution is -0.128. The fourth-order valence-electron chi connectivity index (χ4n) is 1.42. The monoisotopic (exact) mass is 247 g/mol. The van der Waals surface area contributed by atoms with E-state index >= 15 is 0 Å². The smallest absolute Gasteiger partial charge is 0.225 e. The Morgan fingerprint density at radius 3 is 2.61 bits per heavy atom. The molecule has 0 aromatic carbocycles. The molecule has 0 fully saturated rings. The first-order valence-electron chi connectivity index (χ1n) is 5.67. The molecule has 5 heteroatoms. The van der Waals surface area contributed by atoms with Crippen LogP contribution in [-0.4, -0.2) is 10.9 Å². The number of rotatable bonds is 2. The number of carbonyl (C=O) groups is 1. The molecule has 0 aliphatic heterocycles. The van der Waals surface area contributed by atoms with E-state index in [1.54, 1.807) is 27.7 Å². The molecule has 1 aromatic rings. The second-order valence-corrected chi connectivity index (χ2v) is 5.21. The van der Waals surface area contributed by atoms with Crippen molar-refractivity contribution >= 4 is 5.91 Å². The number of carbonyl (C=O) groups excluding carboxylic acids is 1. The van der Waals surface area contributed by atoms with Crippen molar-refractivity contribution in [2.24, 2.45) is 5.41 Å². The van der Waals surface area contributed by atoms with Crippen molar-refractivity contribution in [3.8, 4) is 6.07 Å². The predicted octanol–water partition coefficient (Wildman–Crippen LogP) is 1.22. The summed E-state index contributed by atoms with van der Waals surface area (Å²) in [6.07, 6.45) is 0. The number of H-pyrrole nitrogens is 1. The van der Waals surface area contributed by atoms with Gasteiger partial charge in [0.05, 0.1) is 5.56 Å². The topological polar surface area (TPSA) is 85.8 Å². The van der Waals surface area contributed by atoms with Crippen molar-refractivity contribution in [2.45, 2.75) is 34.2 Å². The van der Waals surface area contributed by atoms with Crippen LogP contribution in [0.4, 0.5) is 0 Å². The van der Waals surface area contributed by atoms with E-state index in [2.05, 4.69) is 10.3 Å². The van der Waals surface area contributed by atoms with Crippen LogP contribution in [0.25, 0.3) is 0 Å². The number of aromatic nitrogens is 1. The van der Waals surface area contributed by atoms with Crippen molar-refractivity contribution < 1.29 is 4.79 Å².